The van der Waals surface area contributed by atoms with Crippen molar-refractivity contribution in [1.82, 2.24) is 5.32 Å². The summed E-state index contributed by atoms with van der Waals surface area (Å²) >= 11 is 1.36. The van der Waals surface area contributed by atoms with Gasteiger partial charge in [0.25, 0.3) is 11.8 Å². The minimum absolute atomic E-state index is 0.111. The van der Waals surface area contributed by atoms with Gasteiger partial charge in [0, 0.05) is 27.4 Å². The summed E-state index contributed by atoms with van der Waals surface area (Å²) in [7, 11) is 0. The van der Waals surface area contributed by atoms with Gasteiger partial charge in [0.1, 0.15) is 11.5 Å². The monoisotopic (exact) mass is 553 g/mol. The minimum Gasteiger partial charge on any atom is -0.325 e. The second kappa shape index (κ2) is 13.4. The molecule has 3 N–H and O–H groups in total. The van der Waals surface area contributed by atoms with Crippen molar-refractivity contribution in [3.8, 4) is 0 Å². The van der Waals surface area contributed by atoms with E-state index in [1.807, 2.05) is 32.0 Å². The first-order valence-electron chi connectivity index (χ1n) is 12.5. The molecular weight excluding hydrogens is 525 g/mol. The van der Waals surface area contributed by atoms with Gasteiger partial charge in [-0.3, -0.25) is 14.4 Å². The number of nitrogens with one attached hydrogen (secondary N) is 3. The van der Waals surface area contributed by atoms with Crippen LogP contribution in [0.5, 0.6) is 0 Å². The van der Waals surface area contributed by atoms with Gasteiger partial charge in [-0.1, -0.05) is 42.5 Å². The average Bonchev–Trinajstić information content (AvgIpc) is 2.93. The molecule has 8 heteroatoms. The number of carbonyl (C=O) groups excluding carboxylic acids is 3. The highest BCUT2D eigenvalue weighted by molar-refractivity contribution is 8.00. The summed E-state index contributed by atoms with van der Waals surface area (Å²) in [6, 6.07) is 27.3. The molecule has 0 fully saturated rings. The molecule has 202 valence electrons. The first kappa shape index (κ1) is 28.3. The number of amides is 3. The lowest BCUT2D eigenvalue weighted by Gasteiger charge is -2.12. The van der Waals surface area contributed by atoms with Crippen LogP contribution >= 0.6 is 11.8 Å². The van der Waals surface area contributed by atoms with E-state index in [1.165, 1.54) is 30.0 Å². The van der Waals surface area contributed by atoms with E-state index >= 15 is 0 Å². The fraction of sp³-hybridized carbons (Fsp3) is 0.0938. The topological polar surface area (TPSA) is 87.3 Å². The molecule has 0 spiro atoms. The molecule has 0 aromatic heterocycles. The lowest BCUT2D eigenvalue weighted by molar-refractivity contribution is -0.114. The van der Waals surface area contributed by atoms with E-state index < -0.39 is 17.6 Å². The van der Waals surface area contributed by atoms with Gasteiger partial charge < -0.3 is 16.0 Å². The van der Waals surface area contributed by atoms with Crippen molar-refractivity contribution in [3.05, 3.63) is 131 Å². The van der Waals surface area contributed by atoms with Crippen molar-refractivity contribution in [3.63, 3.8) is 0 Å². The van der Waals surface area contributed by atoms with Crippen LogP contribution in [0.4, 0.5) is 15.8 Å². The fourth-order valence-corrected chi connectivity index (χ4v) is 4.61. The summed E-state index contributed by atoms with van der Waals surface area (Å²) in [5.74, 6) is -1.53. The summed E-state index contributed by atoms with van der Waals surface area (Å²) in [5, 5.41) is 8.25. The van der Waals surface area contributed by atoms with E-state index in [2.05, 4.69) is 16.0 Å². The SMILES string of the molecule is Cc1cc(C)cc(NC(=O)CSc2ccc(NC(=O)C(=Cc3ccccc3F)NC(=O)c3ccccc3)cc2)c1. The smallest absolute Gasteiger partial charge is 0.272 e. The number of aryl methyl sites for hydroxylation is 2. The third kappa shape index (κ3) is 8.15. The van der Waals surface area contributed by atoms with Crippen molar-refractivity contribution in [1.29, 1.82) is 0 Å². The Morgan fingerprint density at radius 3 is 2.10 bits per heavy atom. The Kier molecular flexibility index (Phi) is 9.48. The van der Waals surface area contributed by atoms with E-state index in [1.54, 1.807) is 66.7 Å². The molecule has 0 aliphatic carbocycles. The zero-order valence-corrected chi connectivity index (χ0v) is 22.8. The highest BCUT2D eigenvalue weighted by Crippen LogP contribution is 2.22. The first-order chi connectivity index (χ1) is 19.3. The third-order valence-corrected chi connectivity index (χ3v) is 6.73. The Labute approximate surface area is 236 Å². The standard InChI is InChI=1S/C32H28FN3O3S/c1-21-16-22(2)18-26(17-21)34-30(37)20-40-27-14-12-25(13-15-27)35-32(39)29(19-24-10-6-7-11-28(24)33)36-31(38)23-8-4-3-5-9-23/h3-19H,20H2,1-2H3,(H,34,37)(H,35,39)(H,36,38). The van der Waals surface area contributed by atoms with E-state index in [9.17, 15) is 18.8 Å². The molecule has 6 nitrogen and oxygen atoms in total. The molecule has 0 bridgehead atoms. The lowest BCUT2D eigenvalue weighted by atomic mass is 10.1. The largest absolute Gasteiger partial charge is 0.325 e. The predicted octanol–water partition coefficient (Wildman–Crippen LogP) is 6.58. The number of anilines is 2. The van der Waals surface area contributed by atoms with Crippen LogP contribution in [0, 0.1) is 19.7 Å². The summed E-state index contributed by atoms with van der Waals surface area (Å²) < 4.78 is 14.3. The van der Waals surface area contributed by atoms with Crippen LogP contribution in [0.25, 0.3) is 6.08 Å². The van der Waals surface area contributed by atoms with Crippen LogP contribution in [0.2, 0.25) is 0 Å². The Balaban J connectivity index is 1.41. The molecule has 0 atom stereocenters. The van der Waals surface area contributed by atoms with Crippen LogP contribution < -0.4 is 16.0 Å². The zero-order chi connectivity index (χ0) is 28.5. The van der Waals surface area contributed by atoms with Gasteiger partial charge in [0.05, 0.1) is 5.75 Å². The molecule has 0 unspecified atom stereocenters. The lowest BCUT2D eigenvalue weighted by Crippen LogP contribution is -2.30. The maximum Gasteiger partial charge on any atom is 0.272 e. The summed E-state index contributed by atoms with van der Waals surface area (Å²) in [5.41, 5.74) is 3.80. The number of benzene rings is 4. The average molecular weight is 554 g/mol. The summed E-state index contributed by atoms with van der Waals surface area (Å²) in [6.07, 6.45) is 1.30. The third-order valence-electron chi connectivity index (χ3n) is 5.72. The van der Waals surface area contributed by atoms with Gasteiger partial charge in [0.15, 0.2) is 0 Å². The number of carbonyl (C=O) groups is 3. The van der Waals surface area contributed by atoms with Gasteiger partial charge >= 0.3 is 0 Å². The number of hydrogen-bond acceptors (Lipinski definition) is 4. The Morgan fingerprint density at radius 1 is 0.775 bits per heavy atom. The van der Waals surface area contributed by atoms with E-state index in [4.69, 9.17) is 0 Å². The van der Waals surface area contributed by atoms with Crippen LogP contribution in [0.15, 0.2) is 108 Å². The second-order valence-corrected chi connectivity index (χ2v) is 10.1. The van der Waals surface area contributed by atoms with E-state index in [0.29, 0.717) is 11.3 Å². The summed E-state index contributed by atoms with van der Waals surface area (Å²) in [6.45, 7) is 3.96. The number of hydrogen-bond donors (Lipinski definition) is 3. The first-order valence-corrected chi connectivity index (χ1v) is 13.5. The molecular formula is C32H28FN3O3S. The van der Waals surface area contributed by atoms with Gasteiger partial charge in [-0.2, -0.15) is 0 Å². The van der Waals surface area contributed by atoms with Crippen molar-refractivity contribution in [2.45, 2.75) is 18.7 Å². The molecule has 4 aromatic carbocycles. The molecule has 3 amide bonds. The van der Waals surface area contributed by atoms with Crippen LogP contribution in [0.3, 0.4) is 0 Å². The van der Waals surface area contributed by atoms with Gasteiger partial charge in [-0.25, -0.2) is 4.39 Å². The molecule has 0 heterocycles. The van der Waals surface area contributed by atoms with E-state index in [0.717, 1.165) is 21.7 Å². The van der Waals surface area contributed by atoms with Crippen LogP contribution in [-0.2, 0) is 9.59 Å². The van der Waals surface area contributed by atoms with E-state index in [-0.39, 0.29) is 22.9 Å². The number of thioether (sulfide) groups is 1. The second-order valence-electron chi connectivity index (χ2n) is 9.09. The molecule has 4 aromatic rings. The molecule has 0 aliphatic rings. The van der Waals surface area contributed by atoms with Crippen molar-refractivity contribution >= 4 is 46.9 Å². The Morgan fingerprint density at radius 2 is 1.43 bits per heavy atom. The van der Waals surface area contributed by atoms with Crippen LogP contribution in [-0.4, -0.2) is 23.5 Å². The maximum atomic E-state index is 14.3. The highest BCUT2D eigenvalue weighted by Gasteiger charge is 2.16. The maximum absolute atomic E-state index is 14.3. The summed E-state index contributed by atoms with van der Waals surface area (Å²) in [4.78, 5) is 39.1. The number of halogens is 1. The molecule has 0 aliphatic heterocycles. The minimum atomic E-state index is -0.610. The van der Waals surface area contributed by atoms with Gasteiger partial charge in [-0.15, -0.1) is 11.8 Å². The quantitative estimate of drug-likeness (QED) is 0.161. The highest BCUT2D eigenvalue weighted by atomic mass is 32.2. The van der Waals surface area contributed by atoms with Gasteiger partial charge in [0.2, 0.25) is 5.91 Å². The fourth-order valence-electron chi connectivity index (χ4n) is 3.92. The Bertz CT molecular complexity index is 1530. The molecule has 0 radical (unpaired) electrons. The van der Waals surface area contributed by atoms with Crippen molar-refractivity contribution < 1.29 is 18.8 Å². The van der Waals surface area contributed by atoms with Crippen molar-refractivity contribution in [2.24, 2.45) is 0 Å². The predicted molar refractivity (Wildman–Crippen MR) is 159 cm³/mol. The zero-order valence-electron chi connectivity index (χ0n) is 22.0. The molecule has 0 saturated carbocycles. The van der Waals surface area contributed by atoms with Crippen molar-refractivity contribution in [2.75, 3.05) is 16.4 Å². The Hall–Kier alpha value is -4.69. The normalized spacial score (nSPS) is 11.0. The van der Waals surface area contributed by atoms with Crippen LogP contribution in [0.1, 0.15) is 27.0 Å². The molecule has 0 saturated heterocycles. The molecule has 40 heavy (non-hydrogen) atoms. The molecule has 4 rings (SSSR count). The number of rotatable bonds is 9. The van der Waals surface area contributed by atoms with Gasteiger partial charge in [-0.05, 0) is 85.6 Å².